The number of ether oxygens (including phenoxy) is 4. The molecule has 3 unspecified atom stereocenters. The Morgan fingerprint density at radius 2 is 0.425 bits per heavy atom. The van der Waals surface area contributed by atoms with E-state index in [1.54, 1.807) is 0 Å². The summed E-state index contributed by atoms with van der Waals surface area (Å²) < 4.78 is 69.1. The second-order valence-corrected chi connectivity index (χ2v) is 38.3. The summed E-state index contributed by atoms with van der Waals surface area (Å²) in [7, 11) is -9.94. The number of phosphoric ester groups is 2. The SMILES string of the molecule is CCC(C)CCCCCCCCCCCCCCCCCCCCC(=O)O[C@H](COC(=O)CCCCCCCCC(C)C)COP(=O)(O)OC[C@H](O)COP(=O)(O)OC[C@@H](COC(=O)CCCCCCCCCCCCCCCCCCCCC(C)C)OC(=O)CCCCCCCCCCCCCCCCCCCCC(C)C. The molecule has 0 rings (SSSR count). The summed E-state index contributed by atoms with van der Waals surface area (Å²) in [5, 5.41) is 10.7. The highest BCUT2D eigenvalue weighted by atomic mass is 31.2. The summed E-state index contributed by atoms with van der Waals surface area (Å²) in [6.07, 6.45) is 75.4. The molecule has 672 valence electrons. The molecule has 0 saturated carbocycles. The number of aliphatic hydroxyl groups excluding tert-OH is 1. The van der Waals surface area contributed by atoms with Crippen molar-refractivity contribution in [1.82, 2.24) is 0 Å². The molecule has 0 fully saturated rings. The van der Waals surface area contributed by atoms with E-state index in [1.807, 2.05) is 0 Å². The summed E-state index contributed by atoms with van der Waals surface area (Å²) in [5.74, 6) is 1.09. The van der Waals surface area contributed by atoms with Crippen LogP contribution in [0.1, 0.15) is 498 Å². The van der Waals surface area contributed by atoms with E-state index in [4.69, 9.17) is 37.0 Å². The van der Waals surface area contributed by atoms with E-state index in [9.17, 15) is 43.2 Å². The molecule has 17 nitrogen and oxygen atoms in total. The molecule has 0 bridgehead atoms. The Bertz CT molecular complexity index is 2180. The van der Waals surface area contributed by atoms with Crippen LogP contribution in [0.25, 0.3) is 0 Å². The van der Waals surface area contributed by atoms with Crippen LogP contribution in [0.15, 0.2) is 0 Å². The summed E-state index contributed by atoms with van der Waals surface area (Å²) >= 11 is 0. The topological polar surface area (TPSA) is 237 Å². The zero-order valence-corrected chi connectivity index (χ0v) is 76.8. The van der Waals surface area contributed by atoms with Gasteiger partial charge in [-0.25, -0.2) is 9.13 Å². The van der Waals surface area contributed by atoms with E-state index >= 15 is 0 Å². The van der Waals surface area contributed by atoms with Crippen LogP contribution in [0.3, 0.4) is 0 Å². The molecule has 0 aliphatic heterocycles. The van der Waals surface area contributed by atoms with Gasteiger partial charge in [-0.3, -0.25) is 37.3 Å². The van der Waals surface area contributed by atoms with Crippen molar-refractivity contribution < 1.29 is 80.2 Å². The summed E-state index contributed by atoms with van der Waals surface area (Å²) in [5.41, 5.74) is 0. The van der Waals surface area contributed by atoms with Crippen molar-refractivity contribution in [3.05, 3.63) is 0 Å². The lowest BCUT2D eigenvalue weighted by Crippen LogP contribution is -2.30. The summed E-state index contributed by atoms with van der Waals surface area (Å²) in [6, 6.07) is 0. The zero-order chi connectivity index (χ0) is 83.0. The van der Waals surface area contributed by atoms with E-state index < -0.39 is 97.5 Å². The minimum Gasteiger partial charge on any atom is -0.462 e. The minimum atomic E-state index is -4.97. The molecule has 0 aliphatic carbocycles. The monoisotopic (exact) mass is 1650 g/mol. The average molecular weight is 1650 g/mol. The van der Waals surface area contributed by atoms with Crippen LogP contribution in [0.2, 0.25) is 0 Å². The van der Waals surface area contributed by atoms with Crippen molar-refractivity contribution in [2.45, 2.75) is 517 Å². The highest BCUT2D eigenvalue weighted by Crippen LogP contribution is 2.45. The maximum Gasteiger partial charge on any atom is 0.472 e. The van der Waals surface area contributed by atoms with Crippen molar-refractivity contribution in [2.75, 3.05) is 39.6 Å². The van der Waals surface area contributed by atoms with E-state index in [1.165, 1.54) is 295 Å². The average Bonchev–Trinajstić information content (AvgIpc) is 0.898. The predicted molar refractivity (Wildman–Crippen MR) is 469 cm³/mol. The summed E-state index contributed by atoms with van der Waals surface area (Å²) in [6.45, 7) is 14.4. The fraction of sp³-hybridized carbons (Fsp3) is 0.957. The molecule has 6 atom stereocenters. The van der Waals surface area contributed by atoms with Gasteiger partial charge >= 0.3 is 39.5 Å². The Kier molecular flexibility index (Phi) is 81.0. The molecule has 0 aromatic heterocycles. The van der Waals surface area contributed by atoms with Crippen LogP contribution in [-0.2, 0) is 65.4 Å². The quantitative estimate of drug-likeness (QED) is 0.0222. The first-order valence-electron chi connectivity index (χ1n) is 48.2. The molecule has 0 aromatic carbocycles. The van der Waals surface area contributed by atoms with Crippen LogP contribution in [0.5, 0.6) is 0 Å². The van der Waals surface area contributed by atoms with Crippen LogP contribution in [0, 0.1) is 23.7 Å². The fourth-order valence-electron chi connectivity index (χ4n) is 14.7. The number of carbonyl (C=O) groups is 4. The maximum absolute atomic E-state index is 13.2. The van der Waals surface area contributed by atoms with Crippen molar-refractivity contribution in [3.8, 4) is 0 Å². The van der Waals surface area contributed by atoms with E-state index in [-0.39, 0.29) is 25.7 Å². The lowest BCUT2D eigenvalue weighted by atomic mass is 9.99. The number of unbranched alkanes of at least 4 members (excludes halogenated alkanes) is 56. The van der Waals surface area contributed by atoms with Gasteiger partial charge in [0, 0.05) is 25.7 Å². The van der Waals surface area contributed by atoms with Gasteiger partial charge in [0.05, 0.1) is 26.4 Å². The van der Waals surface area contributed by atoms with Gasteiger partial charge in [-0.15, -0.1) is 0 Å². The first kappa shape index (κ1) is 111. The minimum absolute atomic E-state index is 0.107. The molecule has 0 spiro atoms. The Hall–Kier alpha value is -1.94. The first-order chi connectivity index (χ1) is 54.6. The number of carbonyl (C=O) groups excluding carboxylic acids is 4. The molecule has 0 amide bonds. The first-order valence-corrected chi connectivity index (χ1v) is 51.2. The van der Waals surface area contributed by atoms with Crippen molar-refractivity contribution in [1.29, 1.82) is 0 Å². The second kappa shape index (κ2) is 82.4. The smallest absolute Gasteiger partial charge is 0.462 e. The molecule has 0 aliphatic rings. The number of esters is 4. The molecule has 3 N–H and O–H groups in total. The molecule has 0 heterocycles. The van der Waals surface area contributed by atoms with E-state index in [0.29, 0.717) is 31.6 Å². The maximum atomic E-state index is 13.2. The van der Waals surface area contributed by atoms with Gasteiger partial charge in [0.25, 0.3) is 0 Å². The Morgan fingerprint density at radius 3 is 0.628 bits per heavy atom. The molecular formula is C94H184O17P2. The van der Waals surface area contributed by atoms with Crippen LogP contribution in [0.4, 0.5) is 0 Å². The molecule has 0 saturated heterocycles. The normalized spacial score (nSPS) is 14.0. The van der Waals surface area contributed by atoms with Crippen molar-refractivity contribution >= 4 is 39.5 Å². The van der Waals surface area contributed by atoms with Gasteiger partial charge in [0.15, 0.2) is 12.2 Å². The van der Waals surface area contributed by atoms with Crippen LogP contribution in [-0.4, -0.2) is 96.7 Å². The molecule has 19 heteroatoms. The highest BCUT2D eigenvalue weighted by Gasteiger charge is 2.31. The number of phosphoric acid groups is 2. The zero-order valence-electron chi connectivity index (χ0n) is 75.0. The standard InChI is InChI=1S/C94H184O17P2/c1-9-87(8)73-65-57-48-42-36-30-24-18-12-15-21-27-33-39-45-51-61-69-77-94(99)111-90(81-105-92(97)75-67-59-53-52-56-64-72-86(6)7)83-109-113(102,103)107-79-88(95)78-106-112(100,101)108-82-89(110-93(98)76-68-60-50-44-38-32-26-20-14-11-17-23-29-35-41-47-55-63-71-85(4)5)80-104-91(96)74-66-58-49-43-37-31-25-19-13-10-16-22-28-34-40-46-54-62-70-84(2)3/h84-90,95H,9-83H2,1-8H3,(H,100,101)(H,102,103)/t87?,88-,89-,90-/m1/s1. The molecular weight excluding hydrogens is 1460 g/mol. The number of rotatable bonds is 91. The second-order valence-electron chi connectivity index (χ2n) is 35.4. The van der Waals surface area contributed by atoms with Gasteiger partial charge in [-0.05, 0) is 49.4 Å². The summed E-state index contributed by atoms with van der Waals surface area (Å²) in [4.78, 5) is 73.4. The Labute approximate surface area is 696 Å². The lowest BCUT2D eigenvalue weighted by molar-refractivity contribution is -0.161. The van der Waals surface area contributed by atoms with Gasteiger partial charge in [-0.1, -0.05) is 447 Å². The molecule has 0 aromatic rings. The van der Waals surface area contributed by atoms with Crippen LogP contribution < -0.4 is 0 Å². The third kappa shape index (κ3) is 86.3. The van der Waals surface area contributed by atoms with Gasteiger partial charge in [0.1, 0.15) is 19.3 Å². The van der Waals surface area contributed by atoms with Gasteiger partial charge in [0.2, 0.25) is 0 Å². The third-order valence-corrected chi connectivity index (χ3v) is 24.3. The number of aliphatic hydroxyl groups is 1. The van der Waals surface area contributed by atoms with Gasteiger partial charge < -0.3 is 33.8 Å². The largest absolute Gasteiger partial charge is 0.472 e. The number of hydrogen-bond donors (Lipinski definition) is 3. The van der Waals surface area contributed by atoms with E-state index in [2.05, 4.69) is 55.4 Å². The van der Waals surface area contributed by atoms with Gasteiger partial charge in [-0.2, -0.15) is 0 Å². The highest BCUT2D eigenvalue weighted by molar-refractivity contribution is 7.47. The fourth-order valence-corrected chi connectivity index (χ4v) is 16.3. The number of hydrogen-bond acceptors (Lipinski definition) is 15. The molecule has 0 radical (unpaired) electrons. The Morgan fingerprint density at radius 1 is 0.248 bits per heavy atom. The van der Waals surface area contributed by atoms with Crippen molar-refractivity contribution in [2.24, 2.45) is 23.7 Å². The lowest BCUT2D eigenvalue weighted by Gasteiger charge is -2.21. The van der Waals surface area contributed by atoms with E-state index in [0.717, 1.165) is 114 Å². The third-order valence-electron chi connectivity index (χ3n) is 22.4. The van der Waals surface area contributed by atoms with Crippen LogP contribution >= 0.6 is 15.6 Å². The van der Waals surface area contributed by atoms with Crippen molar-refractivity contribution in [3.63, 3.8) is 0 Å². The molecule has 113 heavy (non-hydrogen) atoms. The Balaban J connectivity index is 5.18. The predicted octanol–water partition coefficient (Wildman–Crippen LogP) is 29.1.